The molecular formula is C62H37N5OPt-2. The monoisotopic (exact) mass is 1060 g/mol. The summed E-state index contributed by atoms with van der Waals surface area (Å²) in [5, 5.41) is 6.89. The van der Waals surface area contributed by atoms with E-state index in [0.29, 0.717) is 11.5 Å². The molecule has 0 saturated carbocycles. The van der Waals surface area contributed by atoms with Crippen LogP contribution in [0.2, 0.25) is 0 Å². The van der Waals surface area contributed by atoms with Crippen LogP contribution in [-0.2, 0) is 21.1 Å². The second kappa shape index (κ2) is 16.3. The molecule has 14 rings (SSSR count). The van der Waals surface area contributed by atoms with E-state index < -0.39 is 0 Å². The topological polar surface area (TPSA) is 39.8 Å². The molecule has 0 aliphatic carbocycles. The van der Waals surface area contributed by atoms with Crippen molar-refractivity contribution in [2.45, 2.75) is 0 Å². The summed E-state index contributed by atoms with van der Waals surface area (Å²) in [6.45, 7) is 0. The maximum absolute atomic E-state index is 6.88. The summed E-state index contributed by atoms with van der Waals surface area (Å²) in [6.07, 6.45) is 3.78. The van der Waals surface area contributed by atoms with Crippen molar-refractivity contribution in [1.29, 1.82) is 0 Å². The van der Waals surface area contributed by atoms with Gasteiger partial charge in [-0.05, 0) is 62.3 Å². The van der Waals surface area contributed by atoms with Gasteiger partial charge in [0.2, 0.25) is 5.78 Å². The third kappa shape index (κ3) is 6.37. The van der Waals surface area contributed by atoms with Crippen LogP contribution in [0.5, 0.6) is 11.5 Å². The van der Waals surface area contributed by atoms with Crippen molar-refractivity contribution in [3.05, 3.63) is 243 Å². The molecule has 0 atom stereocenters. The zero-order chi connectivity index (χ0) is 44.7. The number of nitrogens with zero attached hydrogens (tertiary/aromatic N) is 5. The van der Waals surface area contributed by atoms with E-state index in [1.54, 1.807) is 0 Å². The molecule has 0 radical (unpaired) electrons. The minimum Gasteiger partial charge on any atom is -0.481 e. The van der Waals surface area contributed by atoms with Crippen molar-refractivity contribution in [3.63, 3.8) is 0 Å². The van der Waals surface area contributed by atoms with E-state index in [1.165, 1.54) is 16.2 Å². The maximum Gasteiger partial charge on any atom is 0.268 e. The van der Waals surface area contributed by atoms with E-state index in [-0.39, 0.29) is 21.1 Å². The van der Waals surface area contributed by atoms with Crippen molar-refractivity contribution in [2.24, 2.45) is 0 Å². The van der Waals surface area contributed by atoms with Crippen molar-refractivity contribution in [3.8, 4) is 45.1 Å². The number of ether oxygens (including phenoxy) is 1. The van der Waals surface area contributed by atoms with Crippen molar-refractivity contribution < 1.29 is 30.4 Å². The summed E-state index contributed by atoms with van der Waals surface area (Å²) >= 11 is 0. The Morgan fingerprint density at radius 1 is 0.464 bits per heavy atom. The number of imidazole rings is 3. The van der Waals surface area contributed by atoms with Gasteiger partial charge in [0.1, 0.15) is 5.52 Å². The summed E-state index contributed by atoms with van der Waals surface area (Å²) in [4.78, 5) is 5.49. The quantitative estimate of drug-likeness (QED) is 0.123. The smallest absolute Gasteiger partial charge is 0.268 e. The summed E-state index contributed by atoms with van der Waals surface area (Å²) in [7, 11) is 0. The zero-order valence-electron chi connectivity index (χ0n) is 36.8. The molecule has 0 N–H and O–H groups in total. The molecule has 0 aliphatic rings. The Morgan fingerprint density at radius 3 is 1.77 bits per heavy atom. The SMILES string of the molecule is [Pt].[c-]1c(Oc2cccc3c2nc2n3c3cccc4c5ccccc5c5ccccc5c5ccc[c-]c5n2c43)cccc1-n1[c-][n+](-c2c(-c3ccccc3)cccc2-c2ccccc2)c2ccccc21. The number of aromatic nitrogens is 5. The van der Waals surface area contributed by atoms with Gasteiger partial charge < -0.3 is 13.7 Å². The van der Waals surface area contributed by atoms with E-state index in [0.717, 1.165) is 94.2 Å². The summed E-state index contributed by atoms with van der Waals surface area (Å²) in [5.41, 5.74) is 13.1. The maximum atomic E-state index is 6.88. The molecular weight excluding hydrogens is 1030 g/mol. The van der Waals surface area contributed by atoms with Crippen LogP contribution in [0.3, 0.4) is 0 Å². The fourth-order valence-corrected chi connectivity index (χ4v) is 10.4. The number of para-hydroxylation sites is 6. The summed E-state index contributed by atoms with van der Waals surface area (Å²) < 4.78 is 15.7. The van der Waals surface area contributed by atoms with Crippen LogP contribution in [0, 0.1) is 18.5 Å². The first kappa shape index (κ1) is 40.7. The third-order valence-corrected chi connectivity index (χ3v) is 13.3. The molecule has 0 aliphatic heterocycles. The average molecular weight is 1060 g/mol. The zero-order valence-corrected chi connectivity index (χ0v) is 39.1. The van der Waals surface area contributed by atoms with Crippen LogP contribution in [-0.4, -0.2) is 18.4 Å². The Hall–Kier alpha value is -8.57. The largest absolute Gasteiger partial charge is 0.481 e. The molecule has 0 amide bonds. The van der Waals surface area contributed by atoms with Gasteiger partial charge in [0.15, 0.2) is 5.75 Å². The molecule has 0 saturated heterocycles. The first-order chi connectivity index (χ1) is 33.8. The Bertz CT molecular complexity index is 4300. The molecule has 0 bridgehead atoms. The third-order valence-electron chi connectivity index (χ3n) is 13.3. The number of benzene rings is 10. The molecule has 7 heteroatoms. The number of hydrogen-bond donors (Lipinski definition) is 0. The van der Waals surface area contributed by atoms with E-state index in [9.17, 15) is 0 Å². The van der Waals surface area contributed by atoms with Crippen molar-refractivity contribution in [2.75, 3.05) is 0 Å². The van der Waals surface area contributed by atoms with E-state index in [2.05, 4.69) is 231 Å². The van der Waals surface area contributed by atoms with Gasteiger partial charge in [-0.1, -0.05) is 181 Å². The predicted octanol–water partition coefficient (Wildman–Crippen LogP) is 14.7. The minimum atomic E-state index is 0. The molecule has 6 nitrogen and oxygen atoms in total. The Labute approximate surface area is 411 Å². The Morgan fingerprint density at radius 2 is 1.03 bits per heavy atom. The number of hydrogen-bond acceptors (Lipinski definition) is 2. The van der Waals surface area contributed by atoms with Crippen molar-refractivity contribution in [1.82, 2.24) is 18.4 Å². The fourth-order valence-electron chi connectivity index (χ4n) is 10.4. The fraction of sp³-hybridized carbons (Fsp3) is 0. The van der Waals surface area contributed by atoms with Gasteiger partial charge in [-0.25, -0.2) is 4.98 Å². The normalized spacial score (nSPS) is 11.7. The Kier molecular flexibility index (Phi) is 9.63. The second-order valence-electron chi connectivity index (χ2n) is 17.1. The van der Waals surface area contributed by atoms with Gasteiger partial charge in [0, 0.05) is 32.2 Å². The number of rotatable bonds is 6. The van der Waals surface area contributed by atoms with Crippen LogP contribution in [0.15, 0.2) is 224 Å². The Balaban J connectivity index is 0.00000469. The second-order valence-corrected chi connectivity index (χ2v) is 17.1. The van der Waals surface area contributed by atoms with E-state index in [1.807, 2.05) is 30.3 Å². The van der Waals surface area contributed by atoms with Gasteiger partial charge >= 0.3 is 0 Å². The molecule has 69 heavy (non-hydrogen) atoms. The predicted molar refractivity (Wildman–Crippen MR) is 275 cm³/mol. The molecule has 10 aromatic carbocycles. The van der Waals surface area contributed by atoms with Gasteiger partial charge in [-0.3, -0.25) is 8.97 Å². The molecule has 0 fully saturated rings. The van der Waals surface area contributed by atoms with Gasteiger partial charge in [0.25, 0.3) is 6.33 Å². The molecule has 14 aromatic rings. The number of fused-ring (bicyclic) bond motifs is 13. The van der Waals surface area contributed by atoms with Gasteiger partial charge in [0.05, 0.1) is 33.3 Å². The summed E-state index contributed by atoms with van der Waals surface area (Å²) in [5.74, 6) is 1.97. The molecule has 4 aromatic heterocycles. The molecule has 4 heterocycles. The first-order valence-corrected chi connectivity index (χ1v) is 22.8. The molecule has 328 valence electrons. The first-order valence-electron chi connectivity index (χ1n) is 22.8. The molecule has 0 spiro atoms. The van der Waals surface area contributed by atoms with Gasteiger partial charge in [-0.2, -0.15) is 36.4 Å². The molecule has 0 unspecified atom stereocenters. The van der Waals surface area contributed by atoms with E-state index in [4.69, 9.17) is 9.72 Å². The average Bonchev–Trinajstić information content (AvgIpc) is 4.09. The summed E-state index contributed by atoms with van der Waals surface area (Å²) in [6, 6.07) is 85.8. The van der Waals surface area contributed by atoms with Crippen LogP contribution in [0.1, 0.15) is 0 Å². The van der Waals surface area contributed by atoms with Gasteiger partial charge in [-0.15, -0.1) is 17.5 Å². The van der Waals surface area contributed by atoms with Crippen LogP contribution < -0.4 is 9.30 Å². The minimum absolute atomic E-state index is 0. The van der Waals surface area contributed by atoms with Crippen LogP contribution >= 0.6 is 0 Å². The van der Waals surface area contributed by atoms with E-state index >= 15 is 0 Å². The van der Waals surface area contributed by atoms with Crippen LogP contribution in [0.4, 0.5) is 0 Å². The van der Waals surface area contributed by atoms with Crippen LogP contribution in [0.25, 0.3) is 110 Å². The standard InChI is InChI=1S/C62H37N5O.Pt/c1-3-19-41(20-4-1)45-30-16-31-46(42-21-5-2-6-22-42)60(45)65-40-64(54-34-13-14-35-55(54)65)43-23-15-24-44(39-43)68-58-38-18-36-56-59(58)63-62-66(56)57-37-17-32-52-50-28-10-8-26-48(50)47-25-7-9-27-49(47)51-29-11-12-33-53(51)67(62)61(52)57;/h1-32,34-38H;/q-2;. The van der Waals surface area contributed by atoms with Crippen molar-refractivity contribution >= 4 is 76.7 Å².